The summed E-state index contributed by atoms with van der Waals surface area (Å²) in [5, 5.41) is 1.53. The van der Waals surface area contributed by atoms with Gasteiger partial charge in [0.2, 0.25) is 0 Å². The Labute approximate surface area is 133 Å². The Morgan fingerprint density at radius 1 is 1.36 bits per heavy atom. The van der Waals surface area contributed by atoms with Crippen LogP contribution in [0.25, 0.3) is 10.9 Å². The highest BCUT2D eigenvalue weighted by Gasteiger charge is 2.22. The average molecular weight is 319 g/mol. The Hall–Kier alpha value is -2.01. The van der Waals surface area contributed by atoms with E-state index in [-0.39, 0.29) is 5.96 Å². The summed E-state index contributed by atoms with van der Waals surface area (Å²) in [6, 6.07) is 5.76. The molecule has 0 saturated carbocycles. The third-order valence-electron chi connectivity index (χ3n) is 4.29. The second-order valence-corrected chi connectivity index (χ2v) is 6.23. The zero-order valence-corrected chi connectivity index (χ0v) is 13.2. The molecule has 0 bridgehead atoms. The number of aryl methyl sites for hydroxylation is 1. The molecule has 0 radical (unpaired) electrons. The lowest BCUT2D eigenvalue weighted by atomic mass is 9.92. The van der Waals surface area contributed by atoms with E-state index in [0.717, 1.165) is 36.7 Å². The molecule has 116 valence electrons. The number of amides is 1. The zero-order valence-electron chi connectivity index (χ0n) is 12.5. The van der Waals surface area contributed by atoms with Crippen molar-refractivity contribution >= 4 is 34.4 Å². The third kappa shape index (κ3) is 2.46. The first-order chi connectivity index (χ1) is 10.5. The monoisotopic (exact) mass is 318 g/mol. The van der Waals surface area contributed by atoms with Crippen molar-refractivity contribution < 1.29 is 4.79 Å². The van der Waals surface area contributed by atoms with Gasteiger partial charge in [-0.3, -0.25) is 4.79 Å². The van der Waals surface area contributed by atoms with Gasteiger partial charge in [-0.05, 0) is 36.5 Å². The highest BCUT2D eigenvalue weighted by atomic mass is 35.5. The van der Waals surface area contributed by atoms with Crippen LogP contribution in [-0.2, 0) is 6.54 Å². The minimum absolute atomic E-state index is 0.228. The van der Waals surface area contributed by atoms with Crippen LogP contribution in [-0.4, -0.2) is 16.4 Å². The number of hydrogen-bond donors (Lipinski definition) is 2. The van der Waals surface area contributed by atoms with Gasteiger partial charge < -0.3 is 16.0 Å². The maximum Gasteiger partial charge on any atom is 0.296 e. The van der Waals surface area contributed by atoms with Gasteiger partial charge in [0.25, 0.3) is 5.91 Å². The standard InChI is InChI=1S/C16H19ClN4O/c1-9-4-2-3-7-21-13(15(22)20-16(18)19)8-11-12(17)6-5-10(9)14(11)21/h5-6,8-9H,2-4,7H2,1H3,(H4,18,19,20,22). The van der Waals surface area contributed by atoms with Crippen LogP contribution in [0.3, 0.4) is 0 Å². The molecule has 0 aliphatic carbocycles. The summed E-state index contributed by atoms with van der Waals surface area (Å²) in [7, 11) is 0. The average Bonchev–Trinajstić information content (AvgIpc) is 2.81. The quantitative estimate of drug-likeness (QED) is 0.626. The van der Waals surface area contributed by atoms with Crippen LogP contribution < -0.4 is 11.5 Å². The van der Waals surface area contributed by atoms with Crippen molar-refractivity contribution in [2.24, 2.45) is 16.5 Å². The second-order valence-electron chi connectivity index (χ2n) is 5.82. The fourth-order valence-electron chi connectivity index (χ4n) is 3.23. The zero-order chi connectivity index (χ0) is 15.9. The highest BCUT2D eigenvalue weighted by molar-refractivity contribution is 6.35. The predicted molar refractivity (Wildman–Crippen MR) is 89.4 cm³/mol. The number of benzene rings is 1. The Kier molecular flexibility index (Phi) is 3.83. The minimum Gasteiger partial charge on any atom is -0.370 e. The molecule has 1 aromatic heterocycles. The Morgan fingerprint density at radius 3 is 2.86 bits per heavy atom. The SMILES string of the molecule is CC1CCCCn2c(C(=O)N=C(N)N)cc3c(Cl)ccc1c32. The van der Waals surface area contributed by atoms with E-state index in [4.69, 9.17) is 23.1 Å². The van der Waals surface area contributed by atoms with E-state index in [1.165, 1.54) is 5.56 Å². The van der Waals surface area contributed by atoms with E-state index in [0.29, 0.717) is 16.6 Å². The summed E-state index contributed by atoms with van der Waals surface area (Å²) in [5.74, 6) is -0.222. The van der Waals surface area contributed by atoms with Crippen molar-refractivity contribution in [3.63, 3.8) is 0 Å². The molecule has 1 aliphatic heterocycles. The maximum absolute atomic E-state index is 12.3. The van der Waals surface area contributed by atoms with E-state index in [2.05, 4.69) is 18.0 Å². The number of carbonyl (C=O) groups is 1. The summed E-state index contributed by atoms with van der Waals surface area (Å²) in [6.45, 7) is 2.98. The van der Waals surface area contributed by atoms with E-state index in [1.807, 2.05) is 10.6 Å². The van der Waals surface area contributed by atoms with Gasteiger partial charge in [-0.15, -0.1) is 0 Å². The summed E-state index contributed by atoms with van der Waals surface area (Å²) < 4.78 is 2.01. The smallest absolute Gasteiger partial charge is 0.296 e. The van der Waals surface area contributed by atoms with Gasteiger partial charge >= 0.3 is 0 Å². The Balaban J connectivity index is 2.30. The summed E-state index contributed by atoms with van der Waals surface area (Å²) in [4.78, 5) is 16.0. The largest absolute Gasteiger partial charge is 0.370 e. The number of nitrogens with two attached hydrogens (primary N) is 2. The van der Waals surface area contributed by atoms with Crippen LogP contribution in [0, 0.1) is 0 Å². The fraction of sp³-hybridized carbons (Fsp3) is 0.375. The van der Waals surface area contributed by atoms with E-state index in [9.17, 15) is 4.79 Å². The first-order valence-electron chi connectivity index (χ1n) is 7.44. The van der Waals surface area contributed by atoms with Crippen LogP contribution in [0.4, 0.5) is 0 Å². The van der Waals surface area contributed by atoms with Crippen molar-refractivity contribution in [1.82, 2.24) is 4.57 Å². The van der Waals surface area contributed by atoms with Crippen molar-refractivity contribution in [1.29, 1.82) is 0 Å². The van der Waals surface area contributed by atoms with Crippen LogP contribution >= 0.6 is 11.6 Å². The van der Waals surface area contributed by atoms with Gasteiger partial charge in [0.1, 0.15) is 5.69 Å². The number of nitrogens with zero attached hydrogens (tertiary/aromatic N) is 2. The van der Waals surface area contributed by atoms with Gasteiger partial charge in [0.05, 0.1) is 5.52 Å². The van der Waals surface area contributed by atoms with E-state index < -0.39 is 5.91 Å². The molecule has 2 heterocycles. The summed E-state index contributed by atoms with van der Waals surface area (Å²) in [5.41, 5.74) is 13.4. The van der Waals surface area contributed by atoms with Crippen molar-refractivity contribution in [3.05, 3.63) is 34.5 Å². The molecule has 0 saturated heterocycles. The Bertz CT molecular complexity index is 774. The molecule has 2 aromatic rings. The number of aliphatic imine (C=N–C) groups is 1. The first-order valence-corrected chi connectivity index (χ1v) is 7.82. The number of carbonyl (C=O) groups excluding carboxylic acids is 1. The topological polar surface area (TPSA) is 86.4 Å². The molecule has 5 nitrogen and oxygen atoms in total. The number of aromatic nitrogens is 1. The molecule has 0 spiro atoms. The first kappa shape index (κ1) is 14.9. The van der Waals surface area contributed by atoms with Crippen molar-refractivity contribution in [2.45, 2.75) is 38.6 Å². The highest BCUT2D eigenvalue weighted by Crippen LogP contribution is 2.37. The normalized spacial score (nSPS) is 17.8. The molecule has 6 heteroatoms. The Morgan fingerprint density at radius 2 is 2.14 bits per heavy atom. The lowest BCUT2D eigenvalue weighted by Crippen LogP contribution is -2.25. The number of halogens is 1. The van der Waals surface area contributed by atoms with Gasteiger partial charge in [-0.2, -0.15) is 4.99 Å². The van der Waals surface area contributed by atoms with E-state index >= 15 is 0 Å². The van der Waals surface area contributed by atoms with Gasteiger partial charge in [-0.25, -0.2) is 0 Å². The lowest BCUT2D eigenvalue weighted by molar-refractivity contribution is 0.0994. The van der Waals surface area contributed by atoms with Crippen LogP contribution in [0.15, 0.2) is 23.2 Å². The van der Waals surface area contributed by atoms with Gasteiger partial charge in [-0.1, -0.05) is 31.0 Å². The number of hydrogen-bond acceptors (Lipinski definition) is 1. The second kappa shape index (κ2) is 5.65. The molecule has 3 rings (SSSR count). The van der Waals surface area contributed by atoms with Crippen LogP contribution in [0.5, 0.6) is 0 Å². The van der Waals surface area contributed by atoms with Crippen LogP contribution in [0.2, 0.25) is 5.02 Å². The molecule has 22 heavy (non-hydrogen) atoms. The molecule has 1 atom stereocenters. The van der Waals surface area contributed by atoms with E-state index in [1.54, 1.807) is 6.07 Å². The molecular weight excluding hydrogens is 300 g/mol. The molecular formula is C16H19ClN4O. The number of rotatable bonds is 1. The minimum atomic E-state index is -0.425. The van der Waals surface area contributed by atoms with Gasteiger partial charge in [0, 0.05) is 17.0 Å². The van der Waals surface area contributed by atoms with Crippen molar-refractivity contribution in [3.8, 4) is 0 Å². The third-order valence-corrected chi connectivity index (χ3v) is 4.62. The fourth-order valence-corrected chi connectivity index (χ4v) is 3.44. The number of guanidine groups is 1. The predicted octanol–water partition coefficient (Wildman–Crippen LogP) is 3.00. The summed E-state index contributed by atoms with van der Waals surface area (Å²) in [6.07, 6.45) is 3.28. The molecule has 0 fully saturated rings. The molecule has 4 N–H and O–H groups in total. The molecule has 1 aromatic carbocycles. The van der Waals surface area contributed by atoms with Crippen LogP contribution in [0.1, 0.15) is 48.2 Å². The van der Waals surface area contributed by atoms with Gasteiger partial charge in [0.15, 0.2) is 5.96 Å². The molecule has 1 aliphatic rings. The maximum atomic E-state index is 12.3. The molecule has 1 unspecified atom stereocenters. The summed E-state index contributed by atoms with van der Waals surface area (Å²) >= 11 is 6.34. The van der Waals surface area contributed by atoms with Crippen molar-refractivity contribution in [2.75, 3.05) is 0 Å². The lowest BCUT2D eigenvalue weighted by Gasteiger charge is -2.20. The molecule has 1 amide bonds.